The van der Waals surface area contributed by atoms with Gasteiger partial charge < -0.3 is 13.9 Å². The van der Waals surface area contributed by atoms with E-state index in [1.165, 1.54) is 11.1 Å². The molecule has 0 bridgehead atoms. The number of hydrogen-bond donors (Lipinski definition) is 0. The van der Waals surface area contributed by atoms with Crippen molar-refractivity contribution in [1.29, 1.82) is 0 Å². The number of rotatable bonds is 11. The van der Waals surface area contributed by atoms with Gasteiger partial charge in [0.2, 0.25) is 0 Å². The Hall–Kier alpha value is -2.30. The molecule has 1 aromatic heterocycles. The molecule has 39 heavy (non-hydrogen) atoms. The number of allylic oxidation sites excluding steroid dienone is 3. The standard InChI is InChI=1S/C34H52O5/c1-10-11-12-15-30(35)39-29-18-20-33(7)27(21-26-31(36)24(5)25(6)38-32(26)37-9)23(4)16-17-28(33)34(29,8)19-13-14-22(2)3/h14,27-29H,4,10-13,15-21H2,1-3,5-9H3/t27-,28-,29+,33-,34+/m1/s1. The van der Waals surface area contributed by atoms with Gasteiger partial charge in [0.1, 0.15) is 11.9 Å². The number of aryl methyl sites for hydroxylation is 1. The summed E-state index contributed by atoms with van der Waals surface area (Å²) >= 11 is 0. The van der Waals surface area contributed by atoms with Crippen LogP contribution in [-0.2, 0) is 16.0 Å². The van der Waals surface area contributed by atoms with Crippen LogP contribution in [0.5, 0.6) is 5.95 Å². The van der Waals surface area contributed by atoms with E-state index in [0.717, 1.165) is 57.8 Å². The summed E-state index contributed by atoms with van der Waals surface area (Å²) in [5.41, 5.74) is 3.55. The predicted molar refractivity (Wildman–Crippen MR) is 158 cm³/mol. The molecule has 218 valence electrons. The molecule has 5 heteroatoms. The zero-order valence-electron chi connectivity index (χ0n) is 25.8. The lowest BCUT2D eigenvalue weighted by Gasteiger charge is -2.61. The molecule has 3 rings (SSSR count). The van der Waals surface area contributed by atoms with Crippen molar-refractivity contribution in [3.05, 3.63) is 50.9 Å². The molecule has 2 aliphatic carbocycles. The van der Waals surface area contributed by atoms with Gasteiger partial charge in [0.05, 0.1) is 12.7 Å². The molecule has 1 heterocycles. The molecule has 5 nitrogen and oxygen atoms in total. The van der Waals surface area contributed by atoms with Crippen LogP contribution < -0.4 is 10.2 Å². The molecule has 0 N–H and O–H groups in total. The van der Waals surface area contributed by atoms with Gasteiger partial charge in [-0.05, 0) is 96.3 Å². The van der Waals surface area contributed by atoms with Crippen molar-refractivity contribution in [2.24, 2.45) is 22.7 Å². The second-order valence-electron chi connectivity index (χ2n) is 12.9. The number of unbranched alkanes of at least 4 members (excludes halogenated alkanes) is 2. The Morgan fingerprint density at radius 3 is 2.54 bits per heavy atom. The fraction of sp³-hybridized carbons (Fsp3) is 0.706. The number of fused-ring (bicyclic) bond motifs is 1. The number of carbonyl (C=O) groups excluding carboxylic acids is 1. The maximum Gasteiger partial charge on any atom is 0.306 e. The molecule has 2 aliphatic rings. The van der Waals surface area contributed by atoms with E-state index in [1.807, 2.05) is 13.8 Å². The summed E-state index contributed by atoms with van der Waals surface area (Å²) in [6.45, 7) is 19.3. The molecule has 5 atom stereocenters. The largest absolute Gasteiger partial charge is 0.468 e. The maximum atomic E-state index is 13.4. The molecule has 1 aromatic rings. The highest BCUT2D eigenvalue weighted by molar-refractivity contribution is 5.69. The molecular weight excluding hydrogens is 488 g/mol. The third-order valence-corrected chi connectivity index (χ3v) is 10.0. The molecular formula is C34H52O5. The average molecular weight is 541 g/mol. The Labute approximate surface area is 236 Å². The first kappa shape index (κ1) is 31.2. The van der Waals surface area contributed by atoms with Crippen LogP contribution in [0.2, 0.25) is 0 Å². The van der Waals surface area contributed by atoms with Crippen molar-refractivity contribution >= 4 is 5.97 Å². The Kier molecular flexibility index (Phi) is 10.3. The molecule has 0 unspecified atom stereocenters. The first-order valence-electron chi connectivity index (χ1n) is 15.1. The van der Waals surface area contributed by atoms with E-state index in [1.54, 1.807) is 7.11 Å². The van der Waals surface area contributed by atoms with E-state index < -0.39 is 0 Å². The van der Waals surface area contributed by atoms with Crippen LogP contribution in [0.4, 0.5) is 0 Å². The summed E-state index contributed by atoms with van der Waals surface area (Å²) in [6.07, 6.45) is 12.0. The molecule has 0 saturated heterocycles. The lowest BCUT2D eigenvalue weighted by Crippen LogP contribution is -2.57. The molecule has 0 aromatic carbocycles. The van der Waals surface area contributed by atoms with Gasteiger partial charge >= 0.3 is 5.97 Å². The SMILES string of the molecule is C=C1CC[C@H]2[C@](C)(CCC=C(C)C)[C@@H](OC(=O)CCCCC)CC[C@]2(C)[C@@H]1Cc1c(OC)oc(C)c(C)c1=O. The van der Waals surface area contributed by atoms with Gasteiger partial charge in [-0.15, -0.1) is 0 Å². The predicted octanol–water partition coefficient (Wildman–Crippen LogP) is 8.44. The minimum absolute atomic E-state index is 0.00939. The van der Waals surface area contributed by atoms with E-state index in [9.17, 15) is 9.59 Å². The normalized spacial score (nSPS) is 28.5. The van der Waals surface area contributed by atoms with Crippen molar-refractivity contribution in [1.82, 2.24) is 0 Å². The average Bonchev–Trinajstić information content (AvgIpc) is 2.87. The Morgan fingerprint density at radius 2 is 1.90 bits per heavy atom. The van der Waals surface area contributed by atoms with E-state index in [4.69, 9.17) is 13.9 Å². The lowest BCUT2D eigenvalue weighted by molar-refractivity contribution is -0.181. The molecule has 0 radical (unpaired) electrons. The number of carbonyl (C=O) groups is 1. The fourth-order valence-corrected chi connectivity index (χ4v) is 7.59. The number of hydrogen-bond acceptors (Lipinski definition) is 5. The smallest absolute Gasteiger partial charge is 0.306 e. The first-order valence-corrected chi connectivity index (χ1v) is 15.1. The Bertz CT molecular complexity index is 1120. The zero-order chi connectivity index (χ0) is 29.0. The first-order chi connectivity index (χ1) is 18.4. The monoisotopic (exact) mass is 540 g/mol. The van der Waals surface area contributed by atoms with Gasteiger partial charge in [0.15, 0.2) is 5.43 Å². The van der Waals surface area contributed by atoms with E-state index in [0.29, 0.717) is 41.6 Å². The van der Waals surface area contributed by atoms with Crippen molar-refractivity contribution in [2.45, 2.75) is 125 Å². The molecule has 0 spiro atoms. The van der Waals surface area contributed by atoms with Gasteiger partial charge in [0.25, 0.3) is 5.95 Å². The van der Waals surface area contributed by atoms with Gasteiger partial charge in [-0.2, -0.15) is 0 Å². The lowest BCUT2D eigenvalue weighted by atomic mass is 9.45. The van der Waals surface area contributed by atoms with Crippen LogP contribution in [0, 0.1) is 36.5 Å². The van der Waals surface area contributed by atoms with Crippen LogP contribution in [-0.4, -0.2) is 19.2 Å². The number of methoxy groups -OCH3 is 1. The van der Waals surface area contributed by atoms with Crippen LogP contribution in [0.1, 0.15) is 116 Å². The van der Waals surface area contributed by atoms with E-state index in [-0.39, 0.29) is 34.2 Å². The van der Waals surface area contributed by atoms with Gasteiger partial charge in [-0.25, -0.2) is 0 Å². The summed E-state index contributed by atoms with van der Waals surface area (Å²) in [5.74, 6) is 1.33. The van der Waals surface area contributed by atoms with Crippen molar-refractivity contribution in [3.63, 3.8) is 0 Å². The minimum atomic E-state index is -0.156. The second kappa shape index (κ2) is 12.9. The molecule has 2 fully saturated rings. The maximum absolute atomic E-state index is 13.4. The third kappa shape index (κ3) is 6.55. The number of esters is 1. The van der Waals surface area contributed by atoms with Gasteiger partial charge in [-0.3, -0.25) is 9.59 Å². The Balaban J connectivity index is 1.98. The van der Waals surface area contributed by atoms with Crippen LogP contribution >= 0.6 is 0 Å². The van der Waals surface area contributed by atoms with E-state index in [2.05, 4.69) is 47.3 Å². The molecule has 0 amide bonds. The second-order valence-corrected chi connectivity index (χ2v) is 12.9. The molecule has 0 aliphatic heterocycles. The zero-order valence-corrected chi connectivity index (χ0v) is 25.8. The van der Waals surface area contributed by atoms with Gasteiger partial charge in [0, 0.05) is 17.4 Å². The summed E-state index contributed by atoms with van der Waals surface area (Å²) in [4.78, 5) is 26.3. The highest BCUT2D eigenvalue weighted by Gasteiger charge is 2.58. The van der Waals surface area contributed by atoms with Gasteiger partial charge in [-0.1, -0.05) is 57.4 Å². The van der Waals surface area contributed by atoms with Crippen LogP contribution in [0.15, 0.2) is 33.0 Å². The fourth-order valence-electron chi connectivity index (χ4n) is 7.59. The quantitative estimate of drug-likeness (QED) is 0.160. The van der Waals surface area contributed by atoms with Crippen molar-refractivity contribution < 1.29 is 18.7 Å². The van der Waals surface area contributed by atoms with Crippen LogP contribution in [0.3, 0.4) is 0 Å². The summed E-state index contributed by atoms with van der Waals surface area (Å²) in [6, 6.07) is 0. The minimum Gasteiger partial charge on any atom is -0.468 e. The highest BCUT2D eigenvalue weighted by atomic mass is 16.6. The summed E-state index contributed by atoms with van der Waals surface area (Å²) in [5, 5.41) is 0. The van der Waals surface area contributed by atoms with Crippen molar-refractivity contribution in [3.8, 4) is 5.95 Å². The van der Waals surface area contributed by atoms with E-state index >= 15 is 0 Å². The Morgan fingerprint density at radius 1 is 1.18 bits per heavy atom. The highest BCUT2D eigenvalue weighted by Crippen LogP contribution is 2.63. The summed E-state index contributed by atoms with van der Waals surface area (Å²) < 4.78 is 17.8. The topological polar surface area (TPSA) is 65.7 Å². The van der Waals surface area contributed by atoms with Crippen LogP contribution in [0.25, 0.3) is 0 Å². The van der Waals surface area contributed by atoms with Crippen molar-refractivity contribution in [2.75, 3.05) is 7.11 Å². The number of ether oxygens (including phenoxy) is 2. The summed E-state index contributed by atoms with van der Waals surface area (Å²) in [7, 11) is 1.57. The molecule has 2 saturated carbocycles. The third-order valence-electron chi connectivity index (χ3n) is 10.0.